The van der Waals surface area contributed by atoms with Gasteiger partial charge in [0.15, 0.2) is 0 Å². The van der Waals surface area contributed by atoms with Gasteiger partial charge < -0.3 is 15.2 Å². The Balaban J connectivity index is 1.58. The average Bonchev–Trinajstić information content (AvgIpc) is 2.98. The molecule has 2 aromatic rings. The number of halogens is 1. The first-order valence-electron chi connectivity index (χ1n) is 8.00. The van der Waals surface area contributed by atoms with Gasteiger partial charge in [-0.15, -0.1) is 0 Å². The first-order chi connectivity index (χ1) is 10.9. The Kier molecular flexibility index (Phi) is 4.71. The Hall–Kier alpha value is -1.43. The molecule has 0 aliphatic carbocycles. The second-order valence-electron chi connectivity index (χ2n) is 6.93. The molecule has 23 heavy (non-hydrogen) atoms. The predicted octanol–water partition coefficient (Wildman–Crippen LogP) is 2.99. The maximum atomic E-state index is 6.18. The summed E-state index contributed by atoms with van der Waals surface area (Å²) in [7, 11) is 0. The molecule has 6 heteroatoms. The van der Waals surface area contributed by atoms with E-state index in [1.54, 1.807) is 0 Å². The summed E-state index contributed by atoms with van der Waals surface area (Å²) < 4.78 is 5.37. The van der Waals surface area contributed by atoms with Crippen LogP contribution in [0.15, 0.2) is 28.8 Å². The molecule has 1 atom stereocenters. The van der Waals surface area contributed by atoms with Crippen molar-refractivity contribution in [2.75, 3.05) is 19.6 Å². The van der Waals surface area contributed by atoms with Gasteiger partial charge >= 0.3 is 0 Å². The molecule has 1 aliphatic rings. The zero-order valence-electron chi connectivity index (χ0n) is 13.6. The molecule has 3 rings (SSSR count). The highest BCUT2D eigenvalue weighted by atomic mass is 35.5. The Morgan fingerprint density at radius 1 is 1.35 bits per heavy atom. The highest BCUT2D eigenvalue weighted by Crippen LogP contribution is 2.27. The summed E-state index contributed by atoms with van der Waals surface area (Å²) >= 11 is 5.89. The van der Waals surface area contributed by atoms with Crippen molar-refractivity contribution < 1.29 is 4.52 Å². The molecule has 1 aliphatic heterocycles. The monoisotopic (exact) mass is 334 g/mol. The van der Waals surface area contributed by atoms with E-state index in [0.717, 1.165) is 38.0 Å². The molecule has 1 unspecified atom stereocenters. The summed E-state index contributed by atoms with van der Waals surface area (Å²) in [4.78, 5) is 6.90. The number of hydrogen-bond donors (Lipinski definition) is 1. The summed E-state index contributed by atoms with van der Waals surface area (Å²) in [6.07, 6.45) is 1.79. The molecule has 1 aromatic carbocycles. The number of nitrogens with two attached hydrogens (primary N) is 1. The van der Waals surface area contributed by atoms with Crippen LogP contribution in [0.5, 0.6) is 0 Å². The van der Waals surface area contributed by atoms with Crippen LogP contribution in [0.25, 0.3) is 11.4 Å². The summed E-state index contributed by atoms with van der Waals surface area (Å²) in [5, 5.41) is 4.75. The van der Waals surface area contributed by atoms with Crippen molar-refractivity contribution in [2.24, 2.45) is 11.1 Å². The van der Waals surface area contributed by atoms with Crippen LogP contribution in [-0.2, 0) is 6.42 Å². The van der Waals surface area contributed by atoms with E-state index in [2.05, 4.69) is 28.9 Å². The molecule has 1 aromatic heterocycles. The normalized spacial score (nSPS) is 21.5. The lowest BCUT2D eigenvalue weighted by molar-refractivity contribution is 0.0945. The molecule has 0 radical (unpaired) electrons. The highest BCUT2D eigenvalue weighted by molar-refractivity contribution is 6.30. The fourth-order valence-electron chi connectivity index (χ4n) is 3.00. The quantitative estimate of drug-likeness (QED) is 0.930. The first kappa shape index (κ1) is 16.4. The number of nitrogens with zero attached hydrogens (tertiary/aromatic N) is 3. The second-order valence-corrected chi connectivity index (χ2v) is 7.36. The first-order valence-corrected chi connectivity index (χ1v) is 8.38. The minimum absolute atomic E-state index is 0.154. The van der Waals surface area contributed by atoms with Crippen LogP contribution in [0.1, 0.15) is 26.2 Å². The third-order valence-corrected chi connectivity index (χ3v) is 4.86. The fourth-order valence-corrected chi connectivity index (χ4v) is 3.13. The summed E-state index contributed by atoms with van der Waals surface area (Å²) in [5.41, 5.74) is 7.25. The van der Waals surface area contributed by atoms with Crippen LogP contribution in [0.4, 0.5) is 0 Å². The van der Waals surface area contributed by atoms with Gasteiger partial charge in [-0.2, -0.15) is 4.98 Å². The zero-order chi connectivity index (χ0) is 16.4. The molecular weight excluding hydrogens is 312 g/mol. The number of rotatable bonds is 4. The maximum Gasteiger partial charge on any atom is 0.228 e. The van der Waals surface area contributed by atoms with Gasteiger partial charge in [0.2, 0.25) is 11.7 Å². The minimum atomic E-state index is 0.154. The third kappa shape index (κ3) is 3.91. The molecular formula is C17H23ClN4O. The van der Waals surface area contributed by atoms with Crippen LogP contribution in [-0.4, -0.2) is 40.7 Å². The van der Waals surface area contributed by atoms with Crippen molar-refractivity contribution in [3.05, 3.63) is 35.2 Å². The molecule has 0 amide bonds. The maximum absolute atomic E-state index is 6.18. The number of aromatic nitrogens is 2. The van der Waals surface area contributed by atoms with E-state index in [0.29, 0.717) is 16.7 Å². The predicted molar refractivity (Wildman–Crippen MR) is 91.3 cm³/mol. The Labute approximate surface area is 141 Å². The number of benzene rings is 1. The minimum Gasteiger partial charge on any atom is -0.339 e. The second kappa shape index (κ2) is 6.59. The SMILES string of the molecule is CC1(C)CN(CCc2nc(-c3ccc(Cl)cc3)no2)CCC1N. The number of likely N-dealkylation sites (tertiary alicyclic amines) is 1. The lowest BCUT2D eigenvalue weighted by Crippen LogP contribution is -2.52. The van der Waals surface area contributed by atoms with E-state index in [1.165, 1.54) is 0 Å². The number of hydrogen-bond acceptors (Lipinski definition) is 5. The lowest BCUT2D eigenvalue weighted by Gasteiger charge is -2.42. The van der Waals surface area contributed by atoms with Gasteiger partial charge in [-0.25, -0.2) is 0 Å². The fraction of sp³-hybridized carbons (Fsp3) is 0.529. The summed E-state index contributed by atoms with van der Waals surface area (Å²) in [5.74, 6) is 1.28. The summed E-state index contributed by atoms with van der Waals surface area (Å²) in [6, 6.07) is 7.72. The number of piperidine rings is 1. The molecule has 2 heterocycles. The Morgan fingerprint density at radius 2 is 2.09 bits per heavy atom. The highest BCUT2D eigenvalue weighted by Gasteiger charge is 2.33. The van der Waals surface area contributed by atoms with Gasteiger partial charge in [-0.05, 0) is 42.6 Å². The van der Waals surface area contributed by atoms with Crippen LogP contribution in [0.2, 0.25) is 5.02 Å². The third-order valence-electron chi connectivity index (χ3n) is 4.60. The lowest BCUT2D eigenvalue weighted by atomic mass is 9.80. The van der Waals surface area contributed by atoms with E-state index >= 15 is 0 Å². The van der Waals surface area contributed by atoms with Gasteiger partial charge in [-0.3, -0.25) is 0 Å². The summed E-state index contributed by atoms with van der Waals surface area (Å²) in [6.45, 7) is 7.41. The van der Waals surface area contributed by atoms with Crippen molar-refractivity contribution in [1.82, 2.24) is 15.0 Å². The van der Waals surface area contributed by atoms with E-state index in [1.807, 2.05) is 24.3 Å². The average molecular weight is 335 g/mol. The molecule has 124 valence electrons. The van der Waals surface area contributed by atoms with E-state index < -0.39 is 0 Å². The topological polar surface area (TPSA) is 68.2 Å². The zero-order valence-corrected chi connectivity index (χ0v) is 14.4. The molecule has 1 fully saturated rings. The molecule has 0 bridgehead atoms. The molecule has 0 spiro atoms. The molecule has 2 N–H and O–H groups in total. The van der Waals surface area contributed by atoms with Crippen molar-refractivity contribution in [3.63, 3.8) is 0 Å². The van der Waals surface area contributed by atoms with E-state index in [9.17, 15) is 0 Å². The van der Waals surface area contributed by atoms with Gasteiger partial charge in [0.1, 0.15) is 0 Å². The van der Waals surface area contributed by atoms with Crippen molar-refractivity contribution in [2.45, 2.75) is 32.7 Å². The Bertz CT molecular complexity index is 653. The van der Waals surface area contributed by atoms with Crippen LogP contribution in [0, 0.1) is 5.41 Å². The Morgan fingerprint density at radius 3 is 2.78 bits per heavy atom. The van der Waals surface area contributed by atoms with Crippen molar-refractivity contribution in [1.29, 1.82) is 0 Å². The van der Waals surface area contributed by atoms with Gasteiger partial charge in [-0.1, -0.05) is 30.6 Å². The molecule has 1 saturated heterocycles. The standard InChI is InChI=1S/C17H23ClN4O/c1-17(2)11-22(9-7-14(17)19)10-8-15-20-16(21-23-15)12-3-5-13(18)6-4-12/h3-6,14H,7-11,19H2,1-2H3. The van der Waals surface area contributed by atoms with Gasteiger partial charge in [0.25, 0.3) is 0 Å². The van der Waals surface area contributed by atoms with Gasteiger partial charge in [0.05, 0.1) is 0 Å². The van der Waals surface area contributed by atoms with Crippen LogP contribution >= 0.6 is 11.6 Å². The van der Waals surface area contributed by atoms with Crippen LogP contribution in [0.3, 0.4) is 0 Å². The largest absolute Gasteiger partial charge is 0.339 e. The van der Waals surface area contributed by atoms with E-state index in [-0.39, 0.29) is 11.5 Å². The van der Waals surface area contributed by atoms with Gasteiger partial charge in [0, 0.05) is 36.1 Å². The van der Waals surface area contributed by atoms with E-state index in [4.69, 9.17) is 21.9 Å². The molecule has 5 nitrogen and oxygen atoms in total. The molecule has 0 saturated carbocycles. The van der Waals surface area contributed by atoms with Crippen molar-refractivity contribution >= 4 is 11.6 Å². The van der Waals surface area contributed by atoms with Crippen molar-refractivity contribution in [3.8, 4) is 11.4 Å². The van der Waals surface area contributed by atoms with Crippen LogP contribution < -0.4 is 5.73 Å². The smallest absolute Gasteiger partial charge is 0.228 e.